The van der Waals surface area contributed by atoms with E-state index >= 15 is 0 Å². The Bertz CT molecular complexity index is 333. The third-order valence-corrected chi connectivity index (χ3v) is 2.49. The van der Waals surface area contributed by atoms with Crippen LogP contribution in [0.2, 0.25) is 0 Å². The lowest BCUT2D eigenvalue weighted by molar-refractivity contribution is -0.162. The molecule has 0 fully saturated rings. The highest BCUT2D eigenvalue weighted by molar-refractivity contribution is 5.90. The maximum Gasteiger partial charge on any atom is 0.330 e. The molecule has 0 aliphatic rings. The number of urea groups is 1. The van der Waals surface area contributed by atoms with Crippen molar-refractivity contribution in [3.05, 3.63) is 0 Å². The van der Waals surface area contributed by atoms with E-state index in [4.69, 9.17) is 17.2 Å². The van der Waals surface area contributed by atoms with Gasteiger partial charge in [0.2, 0.25) is 0 Å². The van der Waals surface area contributed by atoms with E-state index in [0.717, 1.165) is 0 Å². The first-order chi connectivity index (χ1) is 8.75. The number of ether oxygens (including phenoxy) is 1. The monoisotopic (exact) mass is 274 g/mol. The SMILES string of the molecule is CC(C)[C@H](N)C(=O)OC(=O)[C@@H](N)CCCNC(N)=O. The normalized spacial score (nSPS) is 13.7. The van der Waals surface area contributed by atoms with E-state index in [2.05, 4.69) is 10.1 Å². The molecule has 2 amide bonds. The van der Waals surface area contributed by atoms with Crippen molar-refractivity contribution in [1.82, 2.24) is 5.32 Å². The molecule has 0 aromatic carbocycles. The maximum absolute atomic E-state index is 11.5. The molecule has 0 aromatic rings. The van der Waals surface area contributed by atoms with E-state index in [-0.39, 0.29) is 12.3 Å². The molecule has 0 aliphatic carbocycles. The Morgan fingerprint density at radius 2 is 1.74 bits per heavy atom. The molecule has 8 heteroatoms. The van der Waals surface area contributed by atoms with E-state index in [9.17, 15) is 14.4 Å². The van der Waals surface area contributed by atoms with Crippen molar-refractivity contribution in [2.24, 2.45) is 23.1 Å². The van der Waals surface area contributed by atoms with Crippen LogP contribution in [0, 0.1) is 5.92 Å². The Morgan fingerprint density at radius 3 is 2.21 bits per heavy atom. The molecule has 0 aromatic heterocycles. The third kappa shape index (κ3) is 7.37. The molecule has 0 aliphatic heterocycles. The Balaban J connectivity index is 4.00. The minimum absolute atomic E-state index is 0.128. The summed E-state index contributed by atoms with van der Waals surface area (Å²) < 4.78 is 4.57. The number of nitrogens with two attached hydrogens (primary N) is 3. The predicted octanol–water partition coefficient (Wildman–Crippen LogP) is -1.18. The van der Waals surface area contributed by atoms with Gasteiger partial charge in [0, 0.05) is 6.54 Å². The third-order valence-electron chi connectivity index (χ3n) is 2.49. The summed E-state index contributed by atoms with van der Waals surface area (Å²) in [5, 5.41) is 2.36. The fraction of sp³-hybridized carbons (Fsp3) is 0.727. The summed E-state index contributed by atoms with van der Waals surface area (Å²) in [4.78, 5) is 33.3. The Morgan fingerprint density at radius 1 is 1.16 bits per heavy atom. The average Bonchev–Trinajstić information content (AvgIpc) is 2.32. The van der Waals surface area contributed by atoms with Crippen LogP contribution in [0.5, 0.6) is 0 Å². The number of esters is 2. The van der Waals surface area contributed by atoms with Gasteiger partial charge < -0.3 is 27.3 Å². The largest absolute Gasteiger partial charge is 0.391 e. The van der Waals surface area contributed by atoms with Gasteiger partial charge in [0.25, 0.3) is 0 Å². The minimum Gasteiger partial charge on any atom is -0.391 e. The molecule has 2 atom stereocenters. The van der Waals surface area contributed by atoms with Crippen molar-refractivity contribution in [2.45, 2.75) is 38.8 Å². The van der Waals surface area contributed by atoms with Gasteiger partial charge in [-0.05, 0) is 18.8 Å². The molecule has 0 heterocycles. The lowest BCUT2D eigenvalue weighted by Gasteiger charge is -2.15. The van der Waals surface area contributed by atoms with Gasteiger partial charge in [-0.2, -0.15) is 0 Å². The van der Waals surface area contributed by atoms with Gasteiger partial charge in [-0.1, -0.05) is 13.8 Å². The highest BCUT2D eigenvalue weighted by Gasteiger charge is 2.24. The second-order valence-electron chi connectivity index (χ2n) is 4.55. The molecule has 7 N–H and O–H groups in total. The van der Waals surface area contributed by atoms with Crippen LogP contribution in [0.25, 0.3) is 0 Å². The summed E-state index contributed by atoms with van der Waals surface area (Å²) in [5.74, 6) is -1.73. The smallest absolute Gasteiger partial charge is 0.330 e. The van der Waals surface area contributed by atoms with Gasteiger partial charge in [-0.3, -0.25) is 0 Å². The summed E-state index contributed by atoms with van der Waals surface area (Å²) in [6.45, 7) is 3.79. The first-order valence-electron chi connectivity index (χ1n) is 6.05. The van der Waals surface area contributed by atoms with Crippen molar-refractivity contribution in [1.29, 1.82) is 0 Å². The van der Waals surface area contributed by atoms with Crippen LogP contribution in [-0.2, 0) is 14.3 Å². The maximum atomic E-state index is 11.5. The first-order valence-corrected chi connectivity index (χ1v) is 6.05. The van der Waals surface area contributed by atoms with Gasteiger partial charge in [0.1, 0.15) is 12.1 Å². The van der Waals surface area contributed by atoms with Crippen molar-refractivity contribution in [2.75, 3.05) is 6.54 Å². The molecular formula is C11H22N4O4. The minimum atomic E-state index is -0.932. The van der Waals surface area contributed by atoms with Gasteiger partial charge in [-0.25, -0.2) is 14.4 Å². The summed E-state index contributed by atoms with van der Waals surface area (Å²) in [6, 6.07) is -2.43. The first kappa shape index (κ1) is 17.3. The quantitative estimate of drug-likeness (QED) is 0.260. The number of rotatable bonds is 7. The standard InChI is InChI=1S/C11H22N4O4/c1-6(2)8(13)10(17)19-9(16)7(12)4-3-5-15-11(14)18/h6-8H,3-5,12-13H2,1-2H3,(H3,14,15,18)/t7-,8-/m0/s1. The van der Waals surface area contributed by atoms with Crippen LogP contribution < -0.4 is 22.5 Å². The molecule has 8 nitrogen and oxygen atoms in total. The molecular weight excluding hydrogens is 252 g/mol. The number of primary amides is 1. The fourth-order valence-corrected chi connectivity index (χ4v) is 1.17. The van der Waals surface area contributed by atoms with E-state index in [0.29, 0.717) is 13.0 Å². The van der Waals surface area contributed by atoms with Crippen LogP contribution >= 0.6 is 0 Å². The Kier molecular flexibility index (Phi) is 7.69. The summed E-state index contributed by atoms with van der Waals surface area (Å²) >= 11 is 0. The van der Waals surface area contributed by atoms with Crippen LogP contribution in [-0.4, -0.2) is 36.6 Å². The topological polar surface area (TPSA) is 151 Å². The molecule has 0 radical (unpaired) electrons. The molecule has 110 valence electrons. The fourth-order valence-electron chi connectivity index (χ4n) is 1.17. The molecule has 0 unspecified atom stereocenters. The van der Waals surface area contributed by atoms with E-state index in [1.165, 1.54) is 0 Å². The van der Waals surface area contributed by atoms with Crippen molar-refractivity contribution >= 4 is 18.0 Å². The van der Waals surface area contributed by atoms with E-state index in [1.54, 1.807) is 13.8 Å². The zero-order valence-corrected chi connectivity index (χ0v) is 11.2. The second kappa shape index (κ2) is 8.44. The average molecular weight is 274 g/mol. The second-order valence-corrected chi connectivity index (χ2v) is 4.55. The number of amides is 2. The molecule has 0 saturated heterocycles. The summed E-state index contributed by atoms with van der Waals surface area (Å²) in [5.41, 5.74) is 15.9. The summed E-state index contributed by atoms with van der Waals surface area (Å²) in [6.07, 6.45) is 0.715. The zero-order valence-electron chi connectivity index (χ0n) is 11.2. The lowest BCUT2D eigenvalue weighted by Crippen LogP contribution is -2.42. The number of carbonyl (C=O) groups excluding carboxylic acids is 3. The number of hydrogen-bond acceptors (Lipinski definition) is 6. The van der Waals surface area contributed by atoms with Crippen molar-refractivity contribution in [3.63, 3.8) is 0 Å². The van der Waals surface area contributed by atoms with Crippen LogP contribution in [0.4, 0.5) is 4.79 Å². The number of hydrogen-bond donors (Lipinski definition) is 4. The highest BCUT2D eigenvalue weighted by atomic mass is 16.6. The van der Waals surface area contributed by atoms with Gasteiger partial charge in [0.05, 0.1) is 0 Å². The molecule has 0 spiro atoms. The Hall–Kier alpha value is -1.67. The van der Waals surface area contributed by atoms with Crippen molar-refractivity contribution < 1.29 is 19.1 Å². The van der Waals surface area contributed by atoms with Gasteiger partial charge in [0.15, 0.2) is 0 Å². The van der Waals surface area contributed by atoms with Crippen molar-refractivity contribution in [3.8, 4) is 0 Å². The summed E-state index contributed by atoms with van der Waals surface area (Å²) in [7, 11) is 0. The number of carbonyl (C=O) groups is 3. The van der Waals surface area contributed by atoms with Gasteiger partial charge in [-0.15, -0.1) is 0 Å². The van der Waals surface area contributed by atoms with Gasteiger partial charge >= 0.3 is 18.0 Å². The predicted molar refractivity (Wildman–Crippen MR) is 68.7 cm³/mol. The number of nitrogens with one attached hydrogen (secondary N) is 1. The van der Waals surface area contributed by atoms with Crippen LogP contribution in [0.1, 0.15) is 26.7 Å². The highest BCUT2D eigenvalue weighted by Crippen LogP contribution is 2.03. The zero-order chi connectivity index (χ0) is 15.0. The van der Waals surface area contributed by atoms with Crippen LogP contribution in [0.3, 0.4) is 0 Å². The molecule has 19 heavy (non-hydrogen) atoms. The molecule has 0 saturated carbocycles. The lowest BCUT2D eigenvalue weighted by atomic mass is 10.1. The molecule has 0 bridgehead atoms. The Labute approximate surface area is 112 Å². The van der Waals surface area contributed by atoms with Crippen LogP contribution in [0.15, 0.2) is 0 Å². The van der Waals surface area contributed by atoms with E-state index in [1.807, 2.05) is 0 Å². The molecule has 0 rings (SSSR count). The van der Waals surface area contributed by atoms with E-state index < -0.39 is 30.1 Å².